The van der Waals surface area contributed by atoms with E-state index in [4.69, 9.17) is 4.74 Å². The molecule has 3 aromatic rings. The van der Waals surface area contributed by atoms with E-state index < -0.39 is 5.41 Å². The fourth-order valence-corrected chi connectivity index (χ4v) is 4.26. The van der Waals surface area contributed by atoms with E-state index in [2.05, 4.69) is 45.6 Å². The molecule has 9 nitrogen and oxygen atoms in total. The van der Waals surface area contributed by atoms with Crippen LogP contribution in [-0.2, 0) is 11.0 Å². The monoisotopic (exact) mass is 431 g/mol. The van der Waals surface area contributed by atoms with Crippen molar-refractivity contribution in [3.05, 3.63) is 41.7 Å². The van der Waals surface area contributed by atoms with Crippen LogP contribution >= 0.6 is 0 Å². The Morgan fingerprint density at radius 3 is 2.97 bits per heavy atom. The highest BCUT2D eigenvalue weighted by molar-refractivity contribution is 5.76. The first-order valence-electron chi connectivity index (χ1n) is 10.6. The lowest BCUT2D eigenvalue weighted by Gasteiger charge is -2.31. The van der Waals surface area contributed by atoms with E-state index in [1.165, 1.54) is 0 Å². The molecule has 0 radical (unpaired) electrons. The zero-order valence-corrected chi connectivity index (χ0v) is 18.3. The maximum Gasteiger partial charge on any atom is 0.236 e. The first kappa shape index (κ1) is 20.3. The summed E-state index contributed by atoms with van der Waals surface area (Å²) in [5.74, 6) is 1.08. The summed E-state index contributed by atoms with van der Waals surface area (Å²) in [5, 5.41) is 30.6. The summed E-state index contributed by atoms with van der Waals surface area (Å²) in [6, 6.07) is 7.87. The first-order chi connectivity index (χ1) is 15.3. The van der Waals surface area contributed by atoms with E-state index in [1.807, 2.05) is 23.7 Å². The van der Waals surface area contributed by atoms with Crippen LogP contribution in [0.2, 0.25) is 0 Å². The van der Waals surface area contributed by atoms with Crippen molar-refractivity contribution in [2.24, 2.45) is 0 Å². The number of ether oxygens (including phenoxy) is 1. The summed E-state index contributed by atoms with van der Waals surface area (Å²) >= 11 is 0. The summed E-state index contributed by atoms with van der Waals surface area (Å²) in [6.45, 7) is 7.43. The second-order valence-corrected chi connectivity index (χ2v) is 9.21. The van der Waals surface area contributed by atoms with Crippen LogP contribution in [0.1, 0.15) is 38.3 Å². The van der Waals surface area contributed by atoms with E-state index >= 15 is 0 Å². The molecule has 2 aliphatic heterocycles. The van der Waals surface area contributed by atoms with Crippen LogP contribution in [-0.4, -0.2) is 44.6 Å². The Labute approximate surface area is 186 Å². The molecule has 0 saturated carbocycles. The first-order valence-corrected chi connectivity index (χ1v) is 10.6. The molecule has 1 atom stereocenters. The molecule has 3 N–H and O–H groups in total. The molecule has 0 amide bonds. The largest absolute Gasteiger partial charge is 0.476 e. The van der Waals surface area contributed by atoms with Gasteiger partial charge in [0, 0.05) is 30.1 Å². The van der Waals surface area contributed by atoms with E-state index in [9.17, 15) is 10.4 Å². The van der Waals surface area contributed by atoms with Gasteiger partial charge in [0.2, 0.25) is 11.8 Å². The SMILES string of the molecule is CC1(CO)CNc2c(C#N)cc(-c3ccnc(Nc4cnn5c4OCCC5(C)C)n3)cc21. The number of rotatable bonds is 4. The fraction of sp³-hybridized carbons (Fsp3) is 0.391. The second-order valence-electron chi connectivity index (χ2n) is 9.21. The van der Waals surface area contributed by atoms with Crippen molar-refractivity contribution in [3.8, 4) is 23.2 Å². The minimum Gasteiger partial charge on any atom is -0.476 e. The topological polar surface area (TPSA) is 121 Å². The molecule has 2 aromatic heterocycles. The van der Waals surface area contributed by atoms with Gasteiger partial charge in [0.25, 0.3) is 0 Å². The number of anilines is 3. The lowest BCUT2D eigenvalue weighted by Crippen LogP contribution is -2.34. The van der Waals surface area contributed by atoms with Crippen LogP contribution in [0.5, 0.6) is 5.88 Å². The maximum absolute atomic E-state index is 9.94. The van der Waals surface area contributed by atoms with Gasteiger partial charge in [-0.05, 0) is 37.6 Å². The molecular weight excluding hydrogens is 406 g/mol. The molecule has 1 unspecified atom stereocenters. The Morgan fingerprint density at radius 1 is 1.34 bits per heavy atom. The zero-order chi connectivity index (χ0) is 22.5. The lowest BCUT2D eigenvalue weighted by molar-refractivity contribution is 0.139. The van der Waals surface area contributed by atoms with Crippen LogP contribution < -0.4 is 15.4 Å². The highest BCUT2D eigenvalue weighted by Gasteiger charge is 2.36. The average molecular weight is 432 g/mol. The van der Waals surface area contributed by atoms with Gasteiger partial charge in [0.1, 0.15) is 11.8 Å². The second kappa shape index (κ2) is 7.21. The van der Waals surface area contributed by atoms with Gasteiger partial charge in [-0.3, -0.25) is 0 Å². The summed E-state index contributed by atoms with van der Waals surface area (Å²) < 4.78 is 7.73. The third kappa shape index (κ3) is 3.15. The Balaban J connectivity index is 1.51. The van der Waals surface area contributed by atoms with Crippen molar-refractivity contribution in [1.82, 2.24) is 19.7 Å². The third-order valence-electron chi connectivity index (χ3n) is 6.36. The molecule has 9 heteroatoms. The van der Waals surface area contributed by atoms with Gasteiger partial charge in [-0.1, -0.05) is 6.92 Å². The molecule has 5 rings (SSSR count). The molecule has 0 fully saturated rings. The van der Waals surface area contributed by atoms with E-state index in [1.54, 1.807) is 18.5 Å². The van der Waals surface area contributed by atoms with Gasteiger partial charge < -0.3 is 20.5 Å². The Hall–Kier alpha value is -3.64. The molecule has 0 bridgehead atoms. The molecule has 2 aliphatic rings. The van der Waals surface area contributed by atoms with Gasteiger partial charge >= 0.3 is 0 Å². The lowest BCUT2D eigenvalue weighted by atomic mass is 9.83. The number of nitrogens with one attached hydrogen (secondary N) is 2. The number of fused-ring (bicyclic) bond motifs is 2. The predicted molar refractivity (Wildman–Crippen MR) is 120 cm³/mol. The highest BCUT2D eigenvalue weighted by atomic mass is 16.5. The quantitative estimate of drug-likeness (QED) is 0.576. The van der Waals surface area contributed by atoms with E-state index in [-0.39, 0.29) is 12.1 Å². The average Bonchev–Trinajstić information content (AvgIpc) is 3.36. The number of nitrogens with zero attached hydrogens (tertiary/aromatic N) is 5. The van der Waals surface area contributed by atoms with Crippen LogP contribution in [0, 0.1) is 11.3 Å². The molecule has 32 heavy (non-hydrogen) atoms. The van der Waals surface area contributed by atoms with Crippen LogP contribution in [0.4, 0.5) is 17.3 Å². The van der Waals surface area contributed by atoms with Crippen molar-refractivity contribution >= 4 is 17.3 Å². The summed E-state index contributed by atoms with van der Waals surface area (Å²) in [5.41, 5.74) is 3.84. The normalized spacial score (nSPS) is 20.5. The van der Waals surface area contributed by atoms with Crippen molar-refractivity contribution in [2.75, 3.05) is 30.4 Å². The molecule has 4 heterocycles. The Kier molecular flexibility index (Phi) is 4.57. The van der Waals surface area contributed by atoms with E-state index in [0.29, 0.717) is 41.9 Å². The Morgan fingerprint density at radius 2 is 2.19 bits per heavy atom. The number of aliphatic hydroxyl groups excluding tert-OH is 1. The molecule has 1 aromatic carbocycles. The summed E-state index contributed by atoms with van der Waals surface area (Å²) in [6.07, 6.45) is 4.28. The minimum absolute atomic E-state index is 0.0129. The van der Waals surface area contributed by atoms with Gasteiger partial charge in [0.05, 0.1) is 41.9 Å². The van der Waals surface area contributed by atoms with E-state index in [0.717, 1.165) is 23.2 Å². The van der Waals surface area contributed by atoms with Gasteiger partial charge in [-0.25, -0.2) is 14.6 Å². The van der Waals surface area contributed by atoms with Crippen LogP contribution in [0.25, 0.3) is 11.3 Å². The minimum atomic E-state index is -0.452. The van der Waals surface area contributed by atoms with Crippen molar-refractivity contribution in [1.29, 1.82) is 5.26 Å². The zero-order valence-electron chi connectivity index (χ0n) is 18.3. The molecule has 0 saturated heterocycles. The number of nitriles is 1. The number of hydrogen-bond acceptors (Lipinski definition) is 8. The number of aliphatic hydroxyl groups is 1. The predicted octanol–water partition coefficient (Wildman–Crippen LogP) is 3.15. The van der Waals surface area contributed by atoms with Crippen molar-refractivity contribution in [2.45, 2.75) is 38.1 Å². The van der Waals surface area contributed by atoms with Gasteiger partial charge in [0.15, 0.2) is 0 Å². The van der Waals surface area contributed by atoms with Crippen molar-refractivity contribution in [3.63, 3.8) is 0 Å². The summed E-state index contributed by atoms with van der Waals surface area (Å²) in [4.78, 5) is 9.02. The number of hydrogen-bond donors (Lipinski definition) is 3. The van der Waals surface area contributed by atoms with Crippen molar-refractivity contribution < 1.29 is 9.84 Å². The van der Waals surface area contributed by atoms with Gasteiger partial charge in [-0.15, -0.1) is 0 Å². The number of benzene rings is 1. The fourth-order valence-electron chi connectivity index (χ4n) is 4.26. The van der Waals surface area contributed by atoms with Gasteiger partial charge in [-0.2, -0.15) is 10.4 Å². The maximum atomic E-state index is 9.94. The molecule has 0 spiro atoms. The van der Waals surface area contributed by atoms with Crippen LogP contribution in [0.15, 0.2) is 30.6 Å². The highest BCUT2D eigenvalue weighted by Crippen LogP contribution is 2.41. The smallest absolute Gasteiger partial charge is 0.236 e. The Bertz CT molecular complexity index is 1240. The molecule has 0 aliphatic carbocycles. The number of aromatic nitrogens is 4. The summed E-state index contributed by atoms with van der Waals surface area (Å²) in [7, 11) is 0. The standard InChI is InChI=1S/C23H25N7O2/c1-22(2)5-7-32-20-18(11-27-30(20)22)29-21-25-6-4-17(28-21)14-8-15(10-24)19-16(9-14)23(3,13-31)12-26-19/h4,6,8-9,11,26,31H,5,7,12-13H2,1-3H3,(H,25,28,29). The third-order valence-corrected chi connectivity index (χ3v) is 6.36. The molecule has 164 valence electrons. The van der Waals surface area contributed by atoms with Crippen LogP contribution in [0.3, 0.4) is 0 Å². The molecular formula is C23H25N7O2.